The van der Waals surface area contributed by atoms with Gasteiger partial charge in [0.15, 0.2) is 5.79 Å². The molecule has 0 aromatic rings. The summed E-state index contributed by atoms with van der Waals surface area (Å²) in [6, 6.07) is 0. The van der Waals surface area contributed by atoms with Gasteiger partial charge in [-0.25, -0.2) is 4.79 Å². The van der Waals surface area contributed by atoms with Gasteiger partial charge in [0.25, 0.3) is 0 Å². The van der Waals surface area contributed by atoms with Crippen LogP contribution in [-0.4, -0.2) is 84.5 Å². The van der Waals surface area contributed by atoms with Gasteiger partial charge in [0, 0.05) is 31.3 Å². The molecule has 2 rings (SSSR count). The highest BCUT2D eigenvalue weighted by Gasteiger charge is 2.54. The maximum atomic E-state index is 13.6. The summed E-state index contributed by atoms with van der Waals surface area (Å²) in [6.45, 7) is 16.5. The Hall–Kier alpha value is -2.54. The zero-order chi connectivity index (χ0) is 36.5. The lowest BCUT2D eigenvalue weighted by molar-refractivity contribution is -0.322. The first-order chi connectivity index (χ1) is 22.4. The van der Waals surface area contributed by atoms with Crippen LogP contribution in [0.3, 0.4) is 0 Å². The average molecular weight is 680 g/mol. The lowest BCUT2D eigenvalue weighted by Gasteiger charge is -2.50. The van der Waals surface area contributed by atoms with Crippen molar-refractivity contribution in [2.75, 3.05) is 21.0 Å². The van der Waals surface area contributed by atoms with E-state index in [9.17, 15) is 24.9 Å². The first-order valence-electron chi connectivity index (χ1n) is 17.1. The van der Waals surface area contributed by atoms with Gasteiger partial charge >= 0.3 is 11.9 Å². The molecule has 1 fully saturated rings. The van der Waals surface area contributed by atoms with Crippen molar-refractivity contribution in [3.63, 3.8) is 0 Å². The topological polar surface area (TPSA) is 167 Å². The molecule has 5 N–H and O–H groups in total. The molecule has 0 saturated carbocycles. The van der Waals surface area contributed by atoms with E-state index in [1.807, 2.05) is 60.6 Å². The van der Waals surface area contributed by atoms with Crippen LogP contribution in [0.25, 0.3) is 0 Å². The van der Waals surface area contributed by atoms with Crippen LogP contribution in [0.4, 0.5) is 0 Å². The van der Waals surface area contributed by atoms with E-state index in [0.717, 1.165) is 5.57 Å². The van der Waals surface area contributed by atoms with E-state index in [4.69, 9.17) is 29.4 Å². The molecule has 2 aliphatic heterocycles. The fraction of sp³-hybridized carbons (Fsp3) is 0.730. The molecule has 12 atom stereocenters. The minimum atomic E-state index is -1.91. The Morgan fingerprint density at radius 1 is 1.12 bits per heavy atom. The number of aliphatic hydroxyl groups is 3. The molecule has 0 unspecified atom stereocenters. The second-order valence-electron chi connectivity index (χ2n) is 14.2. The molecule has 274 valence electrons. The second-order valence-corrected chi connectivity index (χ2v) is 14.2. The Labute approximate surface area is 287 Å². The monoisotopic (exact) mass is 679 g/mol. The number of carbonyl (C=O) groups is 2. The molecule has 0 aromatic carbocycles. The molecule has 11 nitrogen and oxygen atoms in total. The lowest BCUT2D eigenvalue weighted by atomic mass is 9.72. The number of aliphatic hydroxyl groups excluding tert-OH is 2. The molecule has 0 aromatic heterocycles. The van der Waals surface area contributed by atoms with Crippen LogP contribution in [0.2, 0.25) is 0 Å². The lowest BCUT2D eigenvalue weighted by Crippen LogP contribution is -2.59. The van der Waals surface area contributed by atoms with E-state index in [2.05, 4.69) is 0 Å². The minimum absolute atomic E-state index is 0.0251. The Bertz CT molecular complexity index is 1190. The van der Waals surface area contributed by atoms with E-state index in [1.165, 1.54) is 14.2 Å². The van der Waals surface area contributed by atoms with Crippen LogP contribution < -0.4 is 5.73 Å². The van der Waals surface area contributed by atoms with Crippen LogP contribution in [0, 0.1) is 41.4 Å². The zero-order valence-electron chi connectivity index (χ0n) is 30.7. The van der Waals surface area contributed by atoms with Gasteiger partial charge in [-0.1, -0.05) is 83.9 Å². The Kier molecular flexibility index (Phi) is 16.0. The summed E-state index contributed by atoms with van der Waals surface area (Å²) in [6.07, 6.45) is 5.22. The van der Waals surface area contributed by atoms with Crippen molar-refractivity contribution in [3.8, 4) is 0 Å². The van der Waals surface area contributed by atoms with Crippen LogP contribution >= 0.6 is 0 Å². The van der Waals surface area contributed by atoms with E-state index in [1.54, 1.807) is 32.1 Å². The molecule has 2 aliphatic rings. The van der Waals surface area contributed by atoms with Gasteiger partial charge in [-0.05, 0) is 44.1 Å². The number of hydrogen-bond acceptors (Lipinski definition) is 11. The molecule has 11 heteroatoms. The molecule has 0 amide bonds. The highest BCUT2D eigenvalue weighted by molar-refractivity contribution is 5.87. The van der Waals surface area contributed by atoms with Crippen LogP contribution in [0.1, 0.15) is 75.2 Å². The maximum absolute atomic E-state index is 13.6. The molecule has 2 heterocycles. The van der Waals surface area contributed by atoms with Gasteiger partial charge in [0.05, 0.1) is 31.3 Å². The van der Waals surface area contributed by atoms with Gasteiger partial charge in [-0.15, -0.1) is 0 Å². The van der Waals surface area contributed by atoms with Crippen molar-refractivity contribution in [3.05, 3.63) is 47.3 Å². The summed E-state index contributed by atoms with van der Waals surface area (Å²) in [5, 5.41) is 34.8. The molecule has 1 saturated heterocycles. The highest BCUT2D eigenvalue weighted by atomic mass is 16.6. The fourth-order valence-electron chi connectivity index (χ4n) is 7.05. The summed E-state index contributed by atoms with van der Waals surface area (Å²) in [4.78, 5) is 26.5. The normalized spacial score (nSPS) is 38.6. The summed E-state index contributed by atoms with van der Waals surface area (Å²) in [5.41, 5.74) is 7.24. The first kappa shape index (κ1) is 41.6. The number of hydrogen-bond donors (Lipinski definition) is 4. The number of ether oxygens (including phenoxy) is 5. The zero-order valence-corrected chi connectivity index (χ0v) is 30.7. The molecular weight excluding hydrogens is 618 g/mol. The number of rotatable bonds is 9. The smallest absolute Gasteiger partial charge is 0.373 e. The third-order valence-electron chi connectivity index (χ3n) is 10.1. The summed E-state index contributed by atoms with van der Waals surface area (Å²) < 4.78 is 28.7. The number of cyclic esters (lactones) is 1. The predicted molar refractivity (Wildman–Crippen MR) is 183 cm³/mol. The third-order valence-corrected chi connectivity index (χ3v) is 10.1. The SMILES string of the molecule is CO/C1=C\C(C)=C\[C@@H](C)[C@@H](O)[C@@H](C)C/C(C)=C/C=C/[C@H](OC)[C@@H]([C@@H](C)[C@@H](O)[C@H](C)[C@@]2(O)C[C@@H](C(=O)OCN)[C@H](C)[C@@H](C(C)C)O2)OC1=O. The van der Waals surface area contributed by atoms with Crippen LogP contribution in [-0.2, 0) is 33.3 Å². The maximum Gasteiger partial charge on any atom is 0.373 e. The molecule has 0 radical (unpaired) electrons. The van der Waals surface area contributed by atoms with E-state index in [-0.39, 0.29) is 42.6 Å². The van der Waals surface area contributed by atoms with E-state index < -0.39 is 66.0 Å². The predicted octanol–water partition coefficient (Wildman–Crippen LogP) is 4.41. The molecule has 0 bridgehead atoms. The van der Waals surface area contributed by atoms with Crippen molar-refractivity contribution >= 4 is 11.9 Å². The second kappa shape index (κ2) is 18.5. The Morgan fingerprint density at radius 3 is 2.33 bits per heavy atom. The minimum Gasteiger partial charge on any atom is -0.490 e. The summed E-state index contributed by atoms with van der Waals surface area (Å²) >= 11 is 0. The largest absolute Gasteiger partial charge is 0.490 e. The van der Waals surface area contributed by atoms with Crippen LogP contribution in [0.5, 0.6) is 0 Å². The van der Waals surface area contributed by atoms with Gasteiger partial charge in [0.1, 0.15) is 18.9 Å². The molecule has 0 spiro atoms. The summed E-state index contributed by atoms with van der Waals surface area (Å²) in [7, 11) is 2.84. The van der Waals surface area contributed by atoms with Crippen molar-refractivity contribution in [1.82, 2.24) is 0 Å². The van der Waals surface area contributed by atoms with E-state index >= 15 is 0 Å². The van der Waals surface area contributed by atoms with Crippen LogP contribution in [0.15, 0.2) is 47.3 Å². The number of methoxy groups -OCH3 is 2. The number of carbonyl (C=O) groups excluding carboxylic acids is 2. The Morgan fingerprint density at radius 2 is 1.77 bits per heavy atom. The number of nitrogens with two attached hydrogens (primary N) is 1. The molecular formula is C37H61NO10. The standard InChI is InChI=1S/C37H61NO10/c1-20(2)33-25(7)28(35(41)46-19-38)18-37(43,48-33)27(9)32(40)26(8)34-29(44-10)14-12-13-21(3)15-23(5)31(39)24(6)16-22(4)17-30(45-11)36(42)47-34/h12-14,16-17,20,23-29,31-34,39-40,43H,15,18-19,38H2,1-11H3/b14-12+,21-13+,22-16+,30-17-/t23-,24+,25-,26-,27-,28+,29-,31-,32+,33+,34+,37+/m0/s1. The first-order valence-corrected chi connectivity index (χ1v) is 17.1. The van der Waals surface area contributed by atoms with Gasteiger partial charge in [-0.3, -0.25) is 10.5 Å². The number of allylic oxidation sites excluding steroid dienone is 5. The quantitative estimate of drug-likeness (QED) is 0.201. The molecule has 0 aliphatic carbocycles. The van der Waals surface area contributed by atoms with Gasteiger partial charge in [0.2, 0.25) is 5.76 Å². The van der Waals surface area contributed by atoms with Gasteiger partial charge in [-0.2, -0.15) is 0 Å². The third kappa shape index (κ3) is 10.5. The van der Waals surface area contributed by atoms with Crippen molar-refractivity contribution < 1.29 is 48.6 Å². The van der Waals surface area contributed by atoms with Crippen molar-refractivity contribution in [1.29, 1.82) is 0 Å². The molecule has 48 heavy (non-hydrogen) atoms. The fourth-order valence-corrected chi connectivity index (χ4v) is 7.05. The van der Waals surface area contributed by atoms with Crippen molar-refractivity contribution in [2.45, 2.75) is 111 Å². The summed E-state index contributed by atoms with van der Waals surface area (Å²) in [5.74, 6) is -6.28. The van der Waals surface area contributed by atoms with E-state index in [0.29, 0.717) is 12.0 Å². The van der Waals surface area contributed by atoms with Crippen molar-refractivity contribution in [2.24, 2.45) is 47.2 Å². The Balaban J connectivity index is 2.56. The highest BCUT2D eigenvalue weighted by Crippen LogP contribution is 2.44. The average Bonchev–Trinajstić information content (AvgIpc) is 3.03. The van der Waals surface area contributed by atoms with Gasteiger partial charge < -0.3 is 39.0 Å². The number of esters is 2.